The summed E-state index contributed by atoms with van der Waals surface area (Å²) in [5.41, 5.74) is -2.56. The lowest BCUT2D eigenvalue weighted by atomic mass is 10.0. The molecule has 0 saturated carbocycles. The molecule has 5 nitrogen and oxygen atoms in total. The van der Waals surface area contributed by atoms with Gasteiger partial charge in [0.25, 0.3) is 5.91 Å². The van der Waals surface area contributed by atoms with E-state index >= 15 is 0 Å². The summed E-state index contributed by atoms with van der Waals surface area (Å²) in [4.78, 5) is 26.1. The van der Waals surface area contributed by atoms with Crippen molar-refractivity contribution in [3.05, 3.63) is 69.9 Å². The maximum Gasteiger partial charge on any atom is 0.416 e. The molecule has 0 aliphatic heterocycles. The standard InChI is InChI=1S/C19H11ClF6N2O3/c20-12-7-13-9(5-11(12)17(30)31)6-14(27-13)16(29)28-15(19(24,25)26)8-2-1-3-10(4-8)18(21,22)23/h1-7,15,27H,(H,28,29)(H,30,31). The molecule has 0 aliphatic carbocycles. The highest BCUT2D eigenvalue weighted by Crippen LogP contribution is 2.36. The van der Waals surface area contributed by atoms with Crippen LogP contribution >= 0.6 is 11.6 Å². The summed E-state index contributed by atoms with van der Waals surface area (Å²) in [6.45, 7) is 0. The summed E-state index contributed by atoms with van der Waals surface area (Å²) >= 11 is 5.82. The monoisotopic (exact) mass is 464 g/mol. The minimum atomic E-state index is -5.09. The van der Waals surface area contributed by atoms with Crippen molar-refractivity contribution in [3.63, 3.8) is 0 Å². The van der Waals surface area contributed by atoms with Gasteiger partial charge in [0.1, 0.15) is 5.69 Å². The second kappa shape index (κ2) is 7.80. The zero-order valence-corrected chi connectivity index (χ0v) is 15.8. The van der Waals surface area contributed by atoms with E-state index in [0.717, 1.165) is 24.3 Å². The Morgan fingerprint density at radius 1 is 1.03 bits per heavy atom. The molecule has 0 saturated heterocycles. The molecule has 3 N–H and O–H groups in total. The summed E-state index contributed by atoms with van der Waals surface area (Å²) < 4.78 is 79.2. The Morgan fingerprint density at radius 2 is 1.71 bits per heavy atom. The van der Waals surface area contributed by atoms with Crippen LogP contribution in [0.4, 0.5) is 26.3 Å². The molecule has 3 rings (SSSR count). The Bertz CT molecular complexity index is 1170. The number of carbonyl (C=O) groups is 2. The van der Waals surface area contributed by atoms with Crippen molar-refractivity contribution in [1.82, 2.24) is 10.3 Å². The molecule has 31 heavy (non-hydrogen) atoms. The Balaban J connectivity index is 1.96. The first kappa shape index (κ1) is 22.5. The second-order valence-corrected chi connectivity index (χ2v) is 6.89. The van der Waals surface area contributed by atoms with Gasteiger partial charge in [-0.05, 0) is 35.9 Å². The minimum Gasteiger partial charge on any atom is -0.478 e. The molecule has 0 radical (unpaired) electrons. The lowest BCUT2D eigenvalue weighted by Gasteiger charge is -2.22. The van der Waals surface area contributed by atoms with Crippen molar-refractivity contribution in [2.24, 2.45) is 0 Å². The first-order chi connectivity index (χ1) is 14.3. The van der Waals surface area contributed by atoms with E-state index in [1.807, 2.05) is 0 Å². The van der Waals surface area contributed by atoms with Crippen molar-refractivity contribution < 1.29 is 41.0 Å². The smallest absolute Gasteiger partial charge is 0.416 e. The minimum absolute atomic E-state index is 0.161. The van der Waals surface area contributed by atoms with Gasteiger partial charge in [0.05, 0.1) is 16.1 Å². The molecule has 1 heterocycles. The highest BCUT2D eigenvalue weighted by Gasteiger charge is 2.43. The van der Waals surface area contributed by atoms with E-state index in [0.29, 0.717) is 12.1 Å². The van der Waals surface area contributed by atoms with Gasteiger partial charge in [-0.15, -0.1) is 0 Å². The molecule has 2 aromatic carbocycles. The molecule has 1 aromatic heterocycles. The number of amides is 1. The van der Waals surface area contributed by atoms with Crippen LogP contribution in [0.2, 0.25) is 5.02 Å². The highest BCUT2D eigenvalue weighted by molar-refractivity contribution is 6.34. The largest absolute Gasteiger partial charge is 0.478 e. The number of carbonyl (C=O) groups excluding carboxylic acids is 1. The molecule has 12 heteroatoms. The van der Waals surface area contributed by atoms with E-state index in [1.54, 1.807) is 5.32 Å². The molecular weight excluding hydrogens is 454 g/mol. The van der Waals surface area contributed by atoms with E-state index in [9.17, 15) is 35.9 Å². The van der Waals surface area contributed by atoms with E-state index < -0.39 is 41.4 Å². The zero-order chi connectivity index (χ0) is 23.1. The van der Waals surface area contributed by atoms with Crippen LogP contribution in [0.1, 0.15) is 38.0 Å². The maximum atomic E-state index is 13.5. The fourth-order valence-electron chi connectivity index (χ4n) is 2.90. The highest BCUT2D eigenvalue weighted by atomic mass is 35.5. The predicted octanol–water partition coefficient (Wildman–Crippen LogP) is 5.57. The first-order valence-corrected chi connectivity index (χ1v) is 8.75. The Hall–Kier alpha value is -3.21. The second-order valence-electron chi connectivity index (χ2n) is 6.48. The number of benzene rings is 2. The van der Waals surface area contributed by atoms with Crippen LogP contribution in [0, 0.1) is 0 Å². The fourth-order valence-corrected chi connectivity index (χ4v) is 3.14. The number of aromatic carboxylic acids is 1. The molecule has 0 bridgehead atoms. The van der Waals surface area contributed by atoms with Crippen molar-refractivity contribution in [1.29, 1.82) is 0 Å². The number of fused-ring (bicyclic) bond motifs is 1. The van der Waals surface area contributed by atoms with Gasteiger partial charge in [0, 0.05) is 10.9 Å². The average molecular weight is 465 g/mol. The number of alkyl halides is 6. The van der Waals surface area contributed by atoms with Gasteiger partial charge < -0.3 is 15.4 Å². The van der Waals surface area contributed by atoms with Gasteiger partial charge in [0.2, 0.25) is 0 Å². The van der Waals surface area contributed by atoms with Crippen LogP contribution in [0.25, 0.3) is 10.9 Å². The van der Waals surface area contributed by atoms with Gasteiger partial charge in [-0.3, -0.25) is 4.79 Å². The number of aromatic amines is 1. The third-order valence-electron chi connectivity index (χ3n) is 4.33. The molecular formula is C19H11ClF6N2O3. The number of H-pyrrole nitrogens is 1. The topological polar surface area (TPSA) is 82.2 Å². The fraction of sp³-hybridized carbons (Fsp3) is 0.158. The van der Waals surface area contributed by atoms with Crippen molar-refractivity contribution >= 4 is 34.4 Å². The van der Waals surface area contributed by atoms with Crippen LogP contribution in [0.3, 0.4) is 0 Å². The number of carboxylic acids is 1. The number of carboxylic acid groups (broad SMARTS) is 1. The van der Waals surface area contributed by atoms with Gasteiger partial charge in [-0.1, -0.05) is 23.7 Å². The van der Waals surface area contributed by atoms with Crippen LogP contribution in [0.5, 0.6) is 0 Å². The molecule has 0 aliphatic rings. The molecule has 164 valence electrons. The third kappa shape index (κ3) is 4.76. The number of hydrogen-bond donors (Lipinski definition) is 3. The van der Waals surface area contributed by atoms with Gasteiger partial charge in [0.15, 0.2) is 6.04 Å². The van der Waals surface area contributed by atoms with Crippen LogP contribution in [-0.2, 0) is 6.18 Å². The van der Waals surface area contributed by atoms with Crippen LogP contribution < -0.4 is 5.32 Å². The number of aromatic nitrogens is 1. The van der Waals surface area contributed by atoms with Gasteiger partial charge >= 0.3 is 18.3 Å². The van der Waals surface area contributed by atoms with E-state index in [-0.39, 0.29) is 27.2 Å². The SMILES string of the molecule is O=C(NC(c1cccc(C(F)(F)F)c1)C(F)(F)F)c1cc2cc(C(=O)O)c(Cl)cc2[nH]1. The summed E-state index contributed by atoms with van der Waals surface area (Å²) in [5.74, 6) is -2.61. The molecule has 3 aromatic rings. The normalized spacial score (nSPS) is 13.3. The van der Waals surface area contributed by atoms with Gasteiger partial charge in [-0.2, -0.15) is 26.3 Å². The molecule has 1 atom stereocenters. The number of hydrogen-bond acceptors (Lipinski definition) is 2. The van der Waals surface area contributed by atoms with Crippen LogP contribution in [-0.4, -0.2) is 28.1 Å². The van der Waals surface area contributed by atoms with Crippen molar-refractivity contribution in [3.8, 4) is 0 Å². The van der Waals surface area contributed by atoms with E-state index in [4.69, 9.17) is 16.7 Å². The lowest BCUT2D eigenvalue weighted by molar-refractivity contribution is -0.156. The summed E-state index contributed by atoms with van der Waals surface area (Å²) in [6, 6.07) is 3.24. The lowest BCUT2D eigenvalue weighted by Crippen LogP contribution is -2.38. The van der Waals surface area contributed by atoms with Gasteiger partial charge in [-0.25, -0.2) is 4.79 Å². The third-order valence-corrected chi connectivity index (χ3v) is 4.65. The summed E-state index contributed by atoms with van der Waals surface area (Å²) in [7, 11) is 0. The van der Waals surface area contributed by atoms with Crippen LogP contribution in [0.15, 0.2) is 42.5 Å². The Kier molecular flexibility index (Phi) is 5.66. The molecule has 1 unspecified atom stereocenters. The van der Waals surface area contributed by atoms with E-state index in [2.05, 4.69) is 4.98 Å². The average Bonchev–Trinajstić information content (AvgIpc) is 3.06. The number of rotatable bonds is 4. The Morgan fingerprint density at radius 3 is 2.29 bits per heavy atom. The summed E-state index contributed by atoms with van der Waals surface area (Å²) in [5, 5.41) is 10.8. The number of nitrogens with one attached hydrogen (secondary N) is 2. The Labute approximate surface area is 174 Å². The molecule has 0 spiro atoms. The molecule has 0 fully saturated rings. The van der Waals surface area contributed by atoms with Crippen molar-refractivity contribution in [2.45, 2.75) is 18.4 Å². The zero-order valence-electron chi connectivity index (χ0n) is 15.0. The molecule has 1 amide bonds. The van der Waals surface area contributed by atoms with Crippen molar-refractivity contribution in [2.75, 3.05) is 0 Å². The number of halogens is 7. The summed E-state index contributed by atoms with van der Waals surface area (Å²) in [6.07, 6.45) is -9.96. The first-order valence-electron chi connectivity index (χ1n) is 8.37. The predicted molar refractivity (Wildman–Crippen MR) is 98.0 cm³/mol. The maximum absolute atomic E-state index is 13.5. The quantitative estimate of drug-likeness (QED) is 0.441. The van der Waals surface area contributed by atoms with E-state index in [1.165, 1.54) is 6.07 Å².